The summed E-state index contributed by atoms with van der Waals surface area (Å²) in [5.74, 6) is 4.57. The Bertz CT molecular complexity index is 1460. The number of hydrogen-bond donors (Lipinski definition) is 2. The van der Waals surface area contributed by atoms with Crippen LogP contribution in [0, 0.1) is 0 Å². The third-order valence-electron chi connectivity index (χ3n) is 6.66. The minimum Gasteiger partial charge on any atom is -0.431 e. The summed E-state index contributed by atoms with van der Waals surface area (Å²) in [4.78, 5) is 41.7. The van der Waals surface area contributed by atoms with Crippen molar-refractivity contribution in [3.8, 4) is 0 Å². The monoisotopic (exact) mass is 637 g/mol. The Morgan fingerprint density at radius 2 is 1.61 bits per heavy atom. The van der Waals surface area contributed by atoms with Crippen LogP contribution >= 0.6 is 0 Å². The van der Waals surface area contributed by atoms with Gasteiger partial charge in [0.2, 0.25) is 6.29 Å². The van der Waals surface area contributed by atoms with Crippen LogP contribution in [0.3, 0.4) is 0 Å². The highest BCUT2D eigenvalue weighted by Crippen LogP contribution is 2.21. The van der Waals surface area contributed by atoms with Gasteiger partial charge in [-0.2, -0.15) is 15.3 Å². The molecule has 0 radical (unpaired) electrons. The average molecular weight is 638 g/mol. The molecular formula is C30H39N9O7. The van der Waals surface area contributed by atoms with Gasteiger partial charge in [0.25, 0.3) is 5.91 Å². The van der Waals surface area contributed by atoms with Crippen LogP contribution in [-0.4, -0.2) is 61.3 Å². The van der Waals surface area contributed by atoms with Gasteiger partial charge in [-0.05, 0) is 66.3 Å². The summed E-state index contributed by atoms with van der Waals surface area (Å²) in [6.45, 7) is 1.70. The molecule has 1 aliphatic rings. The maximum Gasteiger partial charge on any atom is 0.511 e. The highest BCUT2D eigenvalue weighted by atomic mass is 16.8. The van der Waals surface area contributed by atoms with Crippen molar-refractivity contribution < 1.29 is 33.4 Å². The second-order valence-electron chi connectivity index (χ2n) is 10.2. The molecular weight excluding hydrogens is 598 g/mol. The van der Waals surface area contributed by atoms with E-state index in [4.69, 9.17) is 30.6 Å². The van der Waals surface area contributed by atoms with Gasteiger partial charge in [0.05, 0.1) is 32.2 Å². The lowest BCUT2D eigenvalue weighted by Crippen LogP contribution is -2.26. The van der Waals surface area contributed by atoms with E-state index in [1.165, 1.54) is 21.1 Å². The summed E-state index contributed by atoms with van der Waals surface area (Å²) >= 11 is 0. The second kappa shape index (κ2) is 18.5. The lowest BCUT2D eigenvalue weighted by Gasteiger charge is -2.22. The molecule has 1 fully saturated rings. The first-order valence-corrected chi connectivity index (χ1v) is 14.6. The van der Waals surface area contributed by atoms with E-state index in [2.05, 4.69) is 30.8 Å². The predicted octanol–water partition coefficient (Wildman–Crippen LogP) is 4.85. The summed E-state index contributed by atoms with van der Waals surface area (Å²) < 4.78 is 15.6. The van der Waals surface area contributed by atoms with Gasteiger partial charge >= 0.3 is 12.1 Å². The molecule has 46 heavy (non-hydrogen) atoms. The van der Waals surface area contributed by atoms with Crippen LogP contribution in [0.4, 0.5) is 4.79 Å². The Labute approximate surface area is 266 Å². The predicted molar refractivity (Wildman–Crippen MR) is 166 cm³/mol. The largest absolute Gasteiger partial charge is 0.511 e. The Hall–Kier alpha value is -5.25. The second-order valence-corrected chi connectivity index (χ2v) is 10.2. The van der Waals surface area contributed by atoms with E-state index in [0.29, 0.717) is 11.1 Å². The van der Waals surface area contributed by atoms with Crippen LogP contribution in [0.15, 0.2) is 79.3 Å². The summed E-state index contributed by atoms with van der Waals surface area (Å²) in [6.07, 6.45) is 2.55. The standard InChI is InChI=1S/C30H39N9O7/c1-20(45-30(42)46-25-13-5-4-6-14-25)44-29(41)24-12-8-10-22(16-24)19-34-38-36-26(31)17-27(35-32)37-33-18-21-9-7-11-23(15-21)28(40)39(2)43-3/h7-12,15-16,20,25H,4-6,13-14,17-19,32H2,1-3H3,(H2,31,34,36)/b35-27-,37-33?. The number of hydrazone groups is 1. The smallest absolute Gasteiger partial charge is 0.431 e. The molecule has 1 amide bonds. The van der Waals surface area contributed by atoms with Gasteiger partial charge in [-0.3, -0.25) is 9.63 Å². The van der Waals surface area contributed by atoms with Crippen LogP contribution in [0.25, 0.3) is 0 Å². The normalized spacial score (nSPS) is 15.1. The third kappa shape index (κ3) is 12.0. The molecule has 2 aromatic carbocycles. The quantitative estimate of drug-likeness (QED) is 0.0582. The van der Waals surface area contributed by atoms with Gasteiger partial charge in [0.15, 0.2) is 5.84 Å². The van der Waals surface area contributed by atoms with Gasteiger partial charge in [-0.25, -0.2) is 14.7 Å². The molecule has 1 saturated carbocycles. The fraction of sp³-hybridized carbons (Fsp3) is 0.433. The summed E-state index contributed by atoms with van der Waals surface area (Å²) in [7, 11) is 2.92. The minimum atomic E-state index is -1.13. The Balaban J connectivity index is 1.45. The number of hydroxylamine groups is 2. The fourth-order valence-electron chi connectivity index (χ4n) is 4.29. The SMILES string of the molecule is CON(C)C(=O)c1cccc(CN=N/C(C/C(N)=N/N=NCc2cccc(C(=O)OC(C)OC(=O)OC3CCCCC3)c2)=N\N)c1. The van der Waals surface area contributed by atoms with E-state index >= 15 is 0 Å². The van der Waals surface area contributed by atoms with Crippen LogP contribution in [0.2, 0.25) is 0 Å². The number of hydrogen-bond acceptors (Lipinski definition) is 12. The van der Waals surface area contributed by atoms with Gasteiger partial charge in [0.1, 0.15) is 11.9 Å². The van der Waals surface area contributed by atoms with E-state index < -0.39 is 18.4 Å². The molecule has 246 valence electrons. The average Bonchev–Trinajstić information content (AvgIpc) is 3.06. The zero-order valence-corrected chi connectivity index (χ0v) is 26.1. The molecule has 1 aliphatic carbocycles. The number of nitrogens with two attached hydrogens (primary N) is 2. The zero-order valence-electron chi connectivity index (χ0n) is 26.1. The summed E-state index contributed by atoms with van der Waals surface area (Å²) in [5.41, 5.74) is 7.96. The van der Waals surface area contributed by atoms with E-state index in [-0.39, 0.29) is 48.8 Å². The first kappa shape index (κ1) is 35.2. The van der Waals surface area contributed by atoms with Gasteiger partial charge in [-0.1, -0.05) is 30.7 Å². The molecule has 0 heterocycles. The van der Waals surface area contributed by atoms with Crippen molar-refractivity contribution in [3.63, 3.8) is 0 Å². The van der Waals surface area contributed by atoms with Crippen molar-refractivity contribution in [1.29, 1.82) is 0 Å². The van der Waals surface area contributed by atoms with Crippen molar-refractivity contribution in [1.82, 2.24) is 5.06 Å². The minimum absolute atomic E-state index is 0.0358. The molecule has 4 N–H and O–H groups in total. The van der Waals surface area contributed by atoms with Crippen molar-refractivity contribution in [2.45, 2.75) is 70.9 Å². The summed E-state index contributed by atoms with van der Waals surface area (Å²) in [5, 5.41) is 24.3. The molecule has 1 unspecified atom stereocenters. The zero-order chi connectivity index (χ0) is 33.3. The molecule has 3 rings (SSSR count). The summed E-state index contributed by atoms with van der Waals surface area (Å²) in [6, 6.07) is 13.4. The van der Waals surface area contributed by atoms with Gasteiger partial charge in [-0.15, -0.1) is 10.2 Å². The van der Waals surface area contributed by atoms with Crippen LogP contribution in [0.5, 0.6) is 0 Å². The van der Waals surface area contributed by atoms with Gasteiger partial charge < -0.3 is 25.8 Å². The molecule has 1 atom stereocenters. The number of nitrogens with zero attached hydrogens (tertiary/aromatic N) is 7. The number of azo groups is 1. The number of carbonyl (C=O) groups is 3. The Morgan fingerprint density at radius 3 is 2.28 bits per heavy atom. The number of amidine groups is 2. The van der Waals surface area contributed by atoms with Gasteiger partial charge in [0, 0.05) is 19.5 Å². The topological polar surface area (TPSA) is 218 Å². The van der Waals surface area contributed by atoms with Crippen molar-refractivity contribution in [3.05, 3.63) is 70.8 Å². The Morgan fingerprint density at radius 1 is 0.957 bits per heavy atom. The third-order valence-corrected chi connectivity index (χ3v) is 6.66. The highest BCUT2D eigenvalue weighted by molar-refractivity contribution is 6.01. The molecule has 16 heteroatoms. The van der Waals surface area contributed by atoms with Crippen molar-refractivity contribution in [2.75, 3.05) is 14.2 Å². The molecule has 0 spiro atoms. The fourth-order valence-corrected chi connectivity index (χ4v) is 4.29. The van der Waals surface area contributed by atoms with E-state index in [1.807, 2.05) is 0 Å². The molecule has 0 aliphatic heterocycles. The Kier molecular flexibility index (Phi) is 14.2. The highest BCUT2D eigenvalue weighted by Gasteiger charge is 2.22. The number of carbonyl (C=O) groups excluding carboxylic acids is 3. The lowest BCUT2D eigenvalue weighted by atomic mass is 9.98. The van der Waals surface area contributed by atoms with Crippen LogP contribution in [0.1, 0.15) is 77.3 Å². The number of amides is 1. The lowest BCUT2D eigenvalue weighted by molar-refractivity contribution is -0.0915. The maximum absolute atomic E-state index is 12.6. The first-order chi connectivity index (χ1) is 22.2. The maximum atomic E-state index is 12.6. The van der Waals surface area contributed by atoms with Crippen molar-refractivity contribution in [2.24, 2.45) is 42.3 Å². The molecule has 0 saturated heterocycles. The number of benzene rings is 2. The number of rotatable bonds is 13. The molecule has 2 aromatic rings. The first-order valence-electron chi connectivity index (χ1n) is 14.6. The molecule has 0 aromatic heterocycles. The molecule has 16 nitrogen and oxygen atoms in total. The van der Waals surface area contributed by atoms with E-state index in [9.17, 15) is 14.4 Å². The number of esters is 1. The van der Waals surface area contributed by atoms with E-state index in [0.717, 1.165) is 42.7 Å². The molecule has 0 bridgehead atoms. The van der Waals surface area contributed by atoms with Crippen molar-refractivity contribution >= 4 is 29.7 Å². The number of ether oxygens (including phenoxy) is 3. The van der Waals surface area contributed by atoms with Crippen LogP contribution in [-0.2, 0) is 32.1 Å². The van der Waals surface area contributed by atoms with Crippen LogP contribution < -0.4 is 11.6 Å². The van der Waals surface area contributed by atoms with E-state index in [1.54, 1.807) is 48.5 Å².